The van der Waals surface area contributed by atoms with Crippen molar-refractivity contribution in [1.82, 2.24) is 4.72 Å². The van der Waals surface area contributed by atoms with Gasteiger partial charge in [-0.15, -0.1) is 0 Å². The minimum atomic E-state index is -4.13. The van der Waals surface area contributed by atoms with Crippen molar-refractivity contribution in [2.75, 3.05) is 12.4 Å². The van der Waals surface area contributed by atoms with Crippen LogP contribution in [0.3, 0.4) is 0 Å². The van der Waals surface area contributed by atoms with E-state index in [-0.39, 0.29) is 13.0 Å². The Labute approximate surface area is 146 Å². The molecule has 1 aromatic carbocycles. The van der Waals surface area contributed by atoms with Crippen molar-refractivity contribution in [1.29, 1.82) is 0 Å². The van der Waals surface area contributed by atoms with Gasteiger partial charge in [0.2, 0.25) is 10.0 Å². The molecule has 2 rings (SSSR count). The van der Waals surface area contributed by atoms with Crippen molar-refractivity contribution in [3.05, 3.63) is 28.8 Å². The summed E-state index contributed by atoms with van der Waals surface area (Å²) in [5, 5.41) is 11.2. The summed E-state index contributed by atoms with van der Waals surface area (Å²) in [6.45, 7) is 4.98. The molecule has 0 spiro atoms. The van der Waals surface area contributed by atoms with E-state index in [2.05, 4.69) is 0 Å². The van der Waals surface area contributed by atoms with Gasteiger partial charge in [0, 0.05) is 17.0 Å². The lowest BCUT2D eigenvalue weighted by Crippen LogP contribution is -2.45. The lowest BCUT2D eigenvalue weighted by molar-refractivity contribution is 0.0175. The van der Waals surface area contributed by atoms with E-state index >= 15 is 0 Å². The summed E-state index contributed by atoms with van der Waals surface area (Å²) in [4.78, 5) is 11.7. The highest BCUT2D eigenvalue weighted by Crippen LogP contribution is 2.39. The molecule has 0 saturated heterocycles. The first-order valence-corrected chi connectivity index (χ1v) is 9.32. The molecule has 0 saturated carbocycles. The van der Waals surface area contributed by atoms with Gasteiger partial charge >= 0.3 is 6.09 Å². The number of carbonyl (C=O) groups excluding carboxylic acids is 1. The minimum Gasteiger partial charge on any atom is -0.493 e. The van der Waals surface area contributed by atoms with E-state index < -0.39 is 33.1 Å². The average Bonchev–Trinajstić information content (AvgIpc) is 2.33. The number of halogens is 1. The Hall–Kier alpha value is -1.51. The maximum Gasteiger partial charge on any atom is 0.421 e. The van der Waals surface area contributed by atoms with Crippen LogP contribution in [0.4, 0.5) is 4.79 Å². The van der Waals surface area contributed by atoms with E-state index in [4.69, 9.17) is 21.1 Å². The number of aliphatic hydroxyl groups is 1. The van der Waals surface area contributed by atoms with Gasteiger partial charge in [-0.2, -0.15) is 0 Å². The fraction of sp³-hybridized carbons (Fsp3) is 0.533. The first-order chi connectivity index (χ1) is 10.9. The van der Waals surface area contributed by atoms with Crippen LogP contribution in [-0.2, 0) is 20.4 Å². The third-order valence-electron chi connectivity index (χ3n) is 3.28. The van der Waals surface area contributed by atoms with Crippen LogP contribution in [0.2, 0.25) is 5.02 Å². The number of hydrogen-bond acceptors (Lipinski definition) is 6. The summed E-state index contributed by atoms with van der Waals surface area (Å²) < 4.78 is 36.6. The van der Waals surface area contributed by atoms with E-state index in [9.17, 15) is 18.3 Å². The molecule has 7 nitrogen and oxygen atoms in total. The third kappa shape index (κ3) is 4.75. The molecule has 0 radical (unpaired) electrons. The van der Waals surface area contributed by atoms with Crippen LogP contribution in [0.25, 0.3) is 0 Å². The quantitative estimate of drug-likeness (QED) is 0.836. The van der Waals surface area contributed by atoms with Crippen molar-refractivity contribution in [2.45, 2.75) is 38.4 Å². The monoisotopic (exact) mass is 377 g/mol. The summed E-state index contributed by atoms with van der Waals surface area (Å²) in [5.41, 5.74) is -2.21. The Balaban J connectivity index is 2.19. The molecule has 0 fully saturated rings. The van der Waals surface area contributed by atoms with Gasteiger partial charge in [-0.3, -0.25) is 0 Å². The normalized spacial score (nSPS) is 20.7. The molecule has 1 heterocycles. The molecule has 9 heteroatoms. The van der Waals surface area contributed by atoms with Gasteiger partial charge in [0.15, 0.2) is 0 Å². The summed E-state index contributed by atoms with van der Waals surface area (Å²) >= 11 is 5.88. The molecule has 0 bridgehead atoms. The Morgan fingerprint density at radius 1 is 1.46 bits per heavy atom. The molecule has 0 aromatic heterocycles. The highest BCUT2D eigenvalue weighted by molar-refractivity contribution is 7.90. The molecule has 1 aromatic rings. The molecule has 1 aliphatic heterocycles. The second-order valence-corrected chi connectivity index (χ2v) is 8.79. The van der Waals surface area contributed by atoms with Crippen LogP contribution in [0.1, 0.15) is 32.8 Å². The zero-order valence-corrected chi connectivity index (χ0v) is 15.2. The van der Waals surface area contributed by atoms with E-state index in [1.165, 1.54) is 18.2 Å². The van der Waals surface area contributed by atoms with Crippen LogP contribution >= 0.6 is 11.6 Å². The molecule has 1 atom stereocenters. The summed E-state index contributed by atoms with van der Waals surface area (Å²) in [7, 11) is -4.13. The number of hydrogen-bond donors (Lipinski definition) is 2. The van der Waals surface area contributed by atoms with Gasteiger partial charge < -0.3 is 14.6 Å². The van der Waals surface area contributed by atoms with Gasteiger partial charge in [-0.05, 0) is 32.9 Å². The van der Waals surface area contributed by atoms with Gasteiger partial charge in [-0.1, -0.05) is 17.7 Å². The van der Waals surface area contributed by atoms with Crippen LogP contribution in [-0.4, -0.2) is 37.6 Å². The van der Waals surface area contributed by atoms with Crippen molar-refractivity contribution >= 4 is 27.7 Å². The number of sulfonamides is 1. The second-order valence-electron chi connectivity index (χ2n) is 6.63. The fourth-order valence-corrected chi connectivity index (χ4v) is 3.85. The number of amides is 1. The Morgan fingerprint density at radius 2 is 2.12 bits per heavy atom. The highest BCUT2D eigenvalue weighted by atomic mass is 35.5. The predicted octanol–water partition coefficient (Wildman–Crippen LogP) is 2.16. The van der Waals surface area contributed by atoms with Gasteiger partial charge in [0.25, 0.3) is 0 Å². The number of ether oxygens (including phenoxy) is 2. The van der Waals surface area contributed by atoms with Crippen molar-refractivity contribution in [2.24, 2.45) is 0 Å². The Kier molecular flexibility index (Phi) is 5.03. The zero-order chi connectivity index (χ0) is 18.2. The smallest absolute Gasteiger partial charge is 0.421 e. The van der Waals surface area contributed by atoms with Crippen LogP contribution in [0.5, 0.6) is 5.75 Å². The molecule has 1 amide bonds. The lowest BCUT2D eigenvalue weighted by atomic mass is 9.90. The Bertz CT molecular complexity index is 743. The largest absolute Gasteiger partial charge is 0.493 e. The van der Waals surface area contributed by atoms with Crippen molar-refractivity contribution in [3.63, 3.8) is 0 Å². The van der Waals surface area contributed by atoms with E-state index in [0.717, 1.165) is 0 Å². The molecule has 1 unspecified atom stereocenters. The van der Waals surface area contributed by atoms with Crippen LogP contribution < -0.4 is 9.46 Å². The standard InChI is InChI=1S/C15H20ClNO6S/c1-14(2,3)23-13(18)17-24(20,21)9-15(19)6-7-22-12-8-10(16)4-5-11(12)15/h4-5,8,19H,6-7,9H2,1-3H3,(H,17,18). The number of nitrogens with one attached hydrogen (secondary N) is 1. The molecular weight excluding hydrogens is 358 g/mol. The van der Waals surface area contributed by atoms with Gasteiger partial charge in [0.05, 0.1) is 6.61 Å². The molecular formula is C15H20ClNO6S. The zero-order valence-electron chi connectivity index (χ0n) is 13.6. The van der Waals surface area contributed by atoms with Gasteiger partial charge in [-0.25, -0.2) is 17.9 Å². The SMILES string of the molecule is CC(C)(C)OC(=O)NS(=O)(=O)CC1(O)CCOc2cc(Cl)ccc21. The average molecular weight is 378 g/mol. The molecule has 1 aliphatic rings. The van der Waals surface area contributed by atoms with Crippen LogP contribution in [0, 0.1) is 0 Å². The molecule has 134 valence electrons. The topological polar surface area (TPSA) is 102 Å². The highest BCUT2D eigenvalue weighted by Gasteiger charge is 2.40. The predicted molar refractivity (Wildman–Crippen MR) is 88.6 cm³/mol. The van der Waals surface area contributed by atoms with E-state index in [1.807, 2.05) is 4.72 Å². The number of carbonyl (C=O) groups is 1. The second kappa shape index (κ2) is 6.42. The van der Waals surface area contributed by atoms with E-state index in [1.54, 1.807) is 20.8 Å². The summed E-state index contributed by atoms with van der Waals surface area (Å²) in [6, 6.07) is 4.56. The number of benzene rings is 1. The Morgan fingerprint density at radius 3 is 2.75 bits per heavy atom. The molecule has 2 N–H and O–H groups in total. The van der Waals surface area contributed by atoms with Crippen molar-refractivity contribution in [3.8, 4) is 5.75 Å². The van der Waals surface area contributed by atoms with E-state index in [0.29, 0.717) is 16.3 Å². The molecule has 24 heavy (non-hydrogen) atoms. The number of rotatable bonds is 3. The minimum absolute atomic E-state index is 0.0663. The first kappa shape index (κ1) is 18.8. The maximum atomic E-state index is 12.2. The molecule has 0 aliphatic carbocycles. The summed E-state index contributed by atoms with van der Waals surface area (Å²) in [5.74, 6) is -0.374. The summed E-state index contributed by atoms with van der Waals surface area (Å²) in [6.07, 6.45) is -1.02. The van der Waals surface area contributed by atoms with Gasteiger partial charge in [0.1, 0.15) is 22.7 Å². The lowest BCUT2D eigenvalue weighted by Gasteiger charge is -2.34. The maximum absolute atomic E-state index is 12.2. The van der Waals surface area contributed by atoms with Crippen molar-refractivity contribution < 1.29 is 27.8 Å². The van der Waals surface area contributed by atoms with Crippen LogP contribution in [0.15, 0.2) is 18.2 Å². The number of fused-ring (bicyclic) bond motifs is 1. The first-order valence-electron chi connectivity index (χ1n) is 7.29. The third-order valence-corrected chi connectivity index (χ3v) is 4.86. The fourth-order valence-electron chi connectivity index (χ4n) is 2.39.